The van der Waals surface area contributed by atoms with Crippen molar-refractivity contribution in [3.8, 4) is 45.6 Å². The second-order valence-corrected chi connectivity index (χ2v) is 12.5. The smallest absolute Gasteiger partial charge is 0.218 e. The number of nitrogens with one attached hydrogen (secondary N) is 1. The fraction of sp³-hybridized carbons (Fsp3) is 0.189. The summed E-state index contributed by atoms with van der Waals surface area (Å²) in [6, 6.07) is 25.3. The maximum absolute atomic E-state index is 5.23. The maximum Gasteiger partial charge on any atom is 0.218 e. The molecule has 1 aliphatic heterocycles. The monoisotopic (exact) mass is 644 g/mol. The molecule has 0 radical (unpaired) electrons. The van der Waals surface area contributed by atoms with Gasteiger partial charge in [0.2, 0.25) is 5.82 Å². The zero-order valence-corrected chi connectivity index (χ0v) is 26.8. The molecule has 0 saturated carbocycles. The largest absolute Gasteiger partial charge is 0.340 e. The Balaban J connectivity index is 0.961. The minimum atomic E-state index is 0.347. The van der Waals surface area contributed by atoms with Crippen molar-refractivity contribution in [3.05, 3.63) is 115 Å². The van der Waals surface area contributed by atoms with Crippen molar-refractivity contribution >= 4 is 16.6 Å². The van der Waals surface area contributed by atoms with Gasteiger partial charge in [0.1, 0.15) is 11.5 Å². The fourth-order valence-electron chi connectivity index (χ4n) is 6.72. The van der Waals surface area contributed by atoms with Crippen LogP contribution >= 0.6 is 0 Å². The third kappa shape index (κ3) is 5.51. The summed E-state index contributed by atoms with van der Waals surface area (Å²) in [6.07, 6.45) is 11.1. The molecule has 49 heavy (non-hydrogen) atoms. The van der Waals surface area contributed by atoms with E-state index in [1.54, 1.807) is 24.8 Å². The first-order chi connectivity index (χ1) is 24.2. The van der Waals surface area contributed by atoms with Gasteiger partial charge in [-0.1, -0.05) is 54.6 Å². The Bertz CT molecular complexity index is 2390. The first-order valence-corrected chi connectivity index (χ1v) is 16.4. The summed E-state index contributed by atoms with van der Waals surface area (Å²) in [5.41, 5.74) is 7.82. The molecular formula is C37H32N12. The van der Waals surface area contributed by atoms with Crippen LogP contribution < -0.4 is 0 Å². The van der Waals surface area contributed by atoms with Crippen LogP contribution in [0.15, 0.2) is 104 Å². The van der Waals surface area contributed by atoms with Crippen LogP contribution in [0.3, 0.4) is 0 Å². The lowest BCUT2D eigenvalue weighted by atomic mass is 9.95. The third-order valence-corrected chi connectivity index (χ3v) is 9.27. The number of nitrogens with zero attached hydrogens (tertiary/aromatic N) is 11. The molecule has 0 aliphatic carbocycles. The number of piperidine rings is 1. The van der Waals surface area contributed by atoms with Crippen molar-refractivity contribution < 1.29 is 0 Å². The molecule has 1 N–H and O–H groups in total. The summed E-state index contributed by atoms with van der Waals surface area (Å²) in [5.74, 6) is 3.06. The van der Waals surface area contributed by atoms with Gasteiger partial charge < -0.3 is 4.57 Å². The molecule has 0 atom stereocenters. The summed E-state index contributed by atoms with van der Waals surface area (Å²) < 4.78 is 3.89. The minimum Gasteiger partial charge on any atom is -0.340 e. The van der Waals surface area contributed by atoms with Gasteiger partial charge in [-0.3, -0.25) is 14.4 Å². The number of fused-ring (bicyclic) bond motifs is 3. The summed E-state index contributed by atoms with van der Waals surface area (Å²) in [6.45, 7) is 2.88. The van der Waals surface area contributed by atoms with Crippen molar-refractivity contribution in [2.24, 2.45) is 7.05 Å². The number of imidazole rings is 1. The molecule has 1 saturated heterocycles. The number of hydrogen-bond donors (Lipinski definition) is 1. The number of benzene rings is 2. The van der Waals surface area contributed by atoms with Gasteiger partial charge in [0.15, 0.2) is 17.3 Å². The number of aromatic nitrogens is 11. The first-order valence-electron chi connectivity index (χ1n) is 16.4. The van der Waals surface area contributed by atoms with Gasteiger partial charge in [0.05, 0.1) is 17.5 Å². The summed E-state index contributed by atoms with van der Waals surface area (Å²) in [5, 5.41) is 17.5. The molecule has 1 fully saturated rings. The zero-order valence-electron chi connectivity index (χ0n) is 26.8. The van der Waals surface area contributed by atoms with E-state index in [4.69, 9.17) is 9.97 Å². The number of H-pyrrole nitrogens is 1. The number of likely N-dealkylation sites (tertiary alicyclic amines) is 1. The fourth-order valence-corrected chi connectivity index (χ4v) is 6.72. The standard InChI is InChI=1S/C37H32N12/c1-47-22-31(40-23-47)37-46-45-36-29-20-28(25-6-3-2-4-7-25)32(41-30(29)14-19-49(36)37)26-10-8-24(9-11-26)21-48-17-12-27(13-18-48)33-42-35(44-43-33)34-38-15-5-16-39-34/h2-11,14-16,19-20,22-23,27H,12-13,17-18,21H2,1H3,(H,42,43,44). The highest BCUT2D eigenvalue weighted by Crippen LogP contribution is 2.35. The van der Waals surface area contributed by atoms with Gasteiger partial charge >= 0.3 is 0 Å². The highest BCUT2D eigenvalue weighted by molar-refractivity contribution is 5.98. The van der Waals surface area contributed by atoms with Crippen LogP contribution in [0, 0.1) is 0 Å². The Hall–Kier alpha value is -6.14. The van der Waals surface area contributed by atoms with Crippen LogP contribution in [0.2, 0.25) is 0 Å². The Labute approximate surface area is 281 Å². The maximum atomic E-state index is 5.23. The van der Waals surface area contributed by atoms with E-state index in [0.717, 1.165) is 82.9 Å². The molecule has 8 aromatic rings. The van der Waals surface area contributed by atoms with Crippen molar-refractivity contribution in [1.82, 2.24) is 59.2 Å². The van der Waals surface area contributed by atoms with Crippen LogP contribution in [0.25, 0.3) is 62.1 Å². The lowest BCUT2D eigenvalue weighted by Crippen LogP contribution is -2.32. The van der Waals surface area contributed by atoms with E-state index in [1.165, 1.54) is 5.56 Å². The molecular weight excluding hydrogens is 612 g/mol. The molecule has 9 rings (SSSR count). The van der Waals surface area contributed by atoms with E-state index in [2.05, 4.69) is 94.8 Å². The van der Waals surface area contributed by atoms with Gasteiger partial charge in [-0.25, -0.2) is 24.9 Å². The van der Waals surface area contributed by atoms with Crippen molar-refractivity contribution in [1.29, 1.82) is 0 Å². The molecule has 0 unspecified atom stereocenters. The highest BCUT2D eigenvalue weighted by atomic mass is 15.3. The summed E-state index contributed by atoms with van der Waals surface area (Å²) >= 11 is 0. The molecule has 6 aromatic heterocycles. The third-order valence-electron chi connectivity index (χ3n) is 9.27. The lowest BCUT2D eigenvalue weighted by Gasteiger charge is -2.31. The molecule has 12 heteroatoms. The first kappa shape index (κ1) is 29.0. The van der Waals surface area contributed by atoms with E-state index in [-0.39, 0.29) is 0 Å². The predicted octanol–water partition coefficient (Wildman–Crippen LogP) is 5.97. The van der Waals surface area contributed by atoms with E-state index in [9.17, 15) is 0 Å². The van der Waals surface area contributed by atoms with Crippen LogP contribution in [0.1, 0.15) is 30.1 Å². The molecule has 0 bridgehead atoms. The molecule has 0 amide bonds. The molecule has 240 valence electrons. The Morgan fingerprint density at radius 2 is 1.63 bits per heavy atom. The van der Waals surface area contributed by atoms with Gasteiger partial charge in [0.25, 0.3) is 0 Å². The van der Waals surface area contributed by atoms with Crippen molar-refractivity contribution in [2.75, 3.05) is 13.1 Å². The number of hydrogen-bond acceptors (Lipinski definition) is 9. The second kappa shape index (κ2) is 12.1. The van der Waals surface area contributed by atoms with Gasteiger partial charge in [0, 0.05) is 60.8 Å². The Morgan fingerprint density at radius 3 is 2.41 bits per heavy atom. The van der Waals surface area contributed by atoms with Crippen LogP contribution in [0.5, 0.6) is 0 Å². The minimum absolute atomic E-state index is 0.347. The average molecular weight is 645 g/mol. The highest BCUT2D eigenvalue weighted by Gasteiger charge is 2.24. The zero-order chi connectivity index (χ0) is 32.7. The number of pyridine rings is 2. The van der Waals surface area contributed by atoms with Gasteiger partial charge in [-0.05, 0) is 55.3 Å². The molecule has 2 aromatic carbocycles. The topological polar surface area (TPSA) is 131 Å². The molecule has 12 nitrogen and oxygen atoms in total. The van der Waals surface area contributed by atoms with Crippen molar-refractivity contribution in [3.63, 3.8) is 0 Å². The van der Waals surface area contributed by atoms with Crippen LogP contribution in [-0.4, -0.2) is 72.3 Å². The van der Waals surface area contributed by atoms with Gasteiger partial charge in [-0.15, -0.1) is 15.3 Å². The van der Waals surface area contributed by atoms with E-state index in [0.29, 0.717) is 23.4 Å². The van der Waals surface area contributed by atoms with Crippen LogP contribution in [-0.2, 0) is 13.6 Å². The normalized spacial score (nSPS) is 14.2. The van der Waals surface area contributed by atoms with Gasteiger partial charge in [-0.2, -0.15) is 0 Å². The lowest BCUT2D eigenvalue weighted by molar-refractivity contribution is 0.202. The van der Waals surface area contributed by atoms with Crippen molar-refractivity contribution in [2.45, 2.75) is 25.3 Å². The molecule has 1 aliphatic rings. The van der Waals surface area contributed by atoms with E-state index >= 15 is 0 Å². The Morgan fingerprint density at radius 1 is 0.816 bits per heavy atom. The summed E-state index contributed by atoms with van der Waals surface area (Å²) in [4.78, 5) is 25.5. The number of aryl methyl sites for hydroxylation is 1. The molecule has 0 spiro atoms. The number of aromatic amines is 1. The second-order valence-electron chi connectivity index (χ2n) is 12.5. The SMILES string of the molecule is Cn1cnc(-c2nnc3c4cc(-c5ccccc5)c(-c5ccc(CN6CCC(c7nc(-c8ncccn8)n[nH]7)CC6)cc5)nc4ccn23)c1. The predicted molar refractivity (Wildman–Crippen MR) is 186 cm³/mol. The van der Waals surface area contributed by atoms with E-state index < -0.39 is 0 Å². The van der Waals surface area contributed by atoms with E-state index in [1.807, 2.05) is 40.5 Å². The average Bonchev–Trinajstić information content (AvgIpc) is 3.93. The quantitative estimate of drug-likeness (QED) is 0.223. The number of rotatable bonds is 7. The Kier molecular flexibility index (Phi) is 7.20. The van der Waals surface area contributed by atoms with Crippen LogP contribution in [0.4, 0.5) is 0 Å². The summed E-state index contributed by atoms with van der Waals surface area (Å²) in [7, 11) is 1.95. The molecule has 7 heterocycles.